The lowest BCUT2D eigenvalue weighted by molar-refractivity contribution is 0.0601. The molecular formula is C21H16FN3O3. The second kappa shape index (κ2) is 6.77. The first-order chi connectivity index (χ1) is 13.5. The number of ether oxygens (including phenoxy) is 1. The Morgan fingerprint density at radius 3 is 2.71 bits per heavy atom. The van der Waals surface area contributed by atoms with Crippen molar-refractivity contribution in [2.45, 2.75) is 6.92 Å². The highest BCUT2D eigenvalue weighted by atomic mass is 19.1. The van der Waals surface area contributed by atoms with Crippen molar-refractivity contribution in [3.63, 3.8) is 0 Å². The minimum absolute atomic E-state index is 0.298. The first-order valence-electron chi connectivity index (χ1n) is 8.54. The summed E-state index contributed by atoms with van der Waals surface area (Å²) < 4.78 is 18.5. The van der Waals surface area contributed by atoms with E-state index in [-0.39, 0.29) is 11.4 Å². The minimum atomic E-state index is -0.453. The summed E-state index contributed by atoms with van der Waals surface area (Å²) in [5.41, 5.74) is 2.20. The SMILES string of the molecule is COC(=O)c1ccc(C)c(Nc2nc3ccc(F)cc3c3c[nH]c(=O)cc23)c1. The first kappa shape index (κ1) is 17.7. The molecule has 2 heterocycles. The average Bonchev–Trinajstić information content (AvgIpc) is 2.69. The molecule has 0 fully saturated rings. The standard InChI is InChI=1S/C21H16FN3O3/c1-11-3-4-12(21(27)28-2)7-18(11)25-20-15-9-19(26)23-10-16(15)14-8-13(22)5-6-17(14)24-20/h3-10H,1-2H3,(H,23,26)(H,24,25). The van der Waals surface area contributed by atoms with Crippen molar-refractivity contribution >= 4 is 39.1 Å². The zero-order valence-corrected chi connectivity index (χ0v) is 15.2. The third kappa shape index (κ3) is 3.07. The van der Waals surface area contributed by atoms with Crippen LogP contribution in [-0.2, 0) is 4.74 Å². The number of esters is 1. The summed E-state index contributed by atoms with van der Waals surface area (Å²) >= 11 is 0. The number of anilines is 2. The predicted octanol–water partition coefficient (Wildman–Crippen LogP) is 4.05. The van der Waals surface area contributed by atoms with E-state index in [1.165, 1.54) is 25.3 Å². The molecule has 28 heavy (non-hydrogen) atoms. The van der Waals surface area contributed by atoms with Gasteiger partial charge < -0.3 is 15.0 Å². The monoisotopic (exact) mass is 377 g/mol. The maximum Gasteiger partial charge on any atom is 0.337 e. The van der Waals surface area contributed by atoms with Crippen LogP contribution in [0.25, 0.3) is 21.7 Å². The fourth-order valence-electron chi connectivity index (χ4n) is 3.12. The number of nitrogens with zero attached hydrogens (tertiary/aromatic N) is 1. The Balaban J connectivity index is 1.93. The number of fused-ring (bicyclic) bond motifs is 3. The van der Waals surface area contributed by atoms with Crippen LogP contribution in [0, 0.1) is 12.7 Å². The number of aryl methyl sites for hydroxylation is 1. The van der Waals surface area contributed by atoms with Gasteiger partial charge in [-0.3, -0.25) is 4.79 Å². The molecule has 0 atom stereocenters. The fourth-order valence-corrected chi connectivity index (χ4v) is 3.12. The molecule has 0 radical (unpaired) electrons. The number of pyridine rings is 2. The molecule has 2 aromatic heterocycles. The number of H-pyrrole nitrogens is 1. The van der Waals surface area contributed by atoms with Crippen molar-refractivity contribution in [1.29, 1.82) is 0 Å². The van der Waals surface area contributed by atoms with Gasteiger partial charge in [0.05, 0.1) is 18.2 Å². The summed E-state index contributed by atoms with van der Waals surface area (Å²) in [5.74, 6) is -0.402. The molecule has 0 aliphatic carbocycles. The number of aromatic nitrogens is 2. The van der Waals surface area contributed by atoms with Crippen LogP contribution >= 0.6 is 0 Å². The first-order valence-corrected chi connectivity index (χ1v) is 8.54. The molecule has 0 aliphatic heterocycles. The molecule has 0 spiro atoms. The maximum absolute atomic E-state index is 13.7. The van der Waals surface area contributed by atoms with Crippen molar-refractivity contribution in [3.05, 3.63) is 76.0 Å². The molecule has 2 aromatic carbocycles. The summed E-state index contributed by atoms with van der Waals surface area (Å²) in [6.07, 6.45) is 1.55. The summed E-state index contributed by atoms with van der Waals surface area (Å²) in [7, 11) is 1.32. The van der Waals surface area contributed by atoms with Crippen LogP contribution in [0.5, 0.6) is 0 Å². The molecule has 0 amide bonds. The number of methoxy groups -OCH3 is 1. The van der Waals surface area contributed by atoms with Crippen LogP contribution in [-0.4, -0.2) is 23.0 Å². The molecule has 7 heteroatoms. The Morgan fingerprint density at radius 2 is 1.93 bits per heavy atom. The highest BCUT2D eigenvalue weighted by Gasteiger charge is 2.13. The van der Waals surface area contributed by atoms with Crippen molar-refractivity contribution in [2.75, 3.05) is 12.4 Å². The third-order valence-electron chi connectivity index (χ3n) is 4.57. The van der Waals surface area contributed by atoms with Crippen molar-refractivity contribution in [1.82, 2.24) is 9.97 Å². The minimum Gasteiger partial charge on any atom is -0.465 e. The van der Waals surface area contributed by atoms with Crippen LogP contribution in [0.2, 0.25) is 0 Å². The number of aromatic amines is 1. The molecule has 0 saturated carbocycles. The van der Waals surface area contributed by atoms with E-state index >= 15 is 0 Å². The van der Waals surface area contributed by atoms with Crippen molar-refractivity contribution < 1.29 is 13.9 Å². The number of hydrogen-bond acceptors (Lipinski definition) is 5. The van der Waals surface area contributed by atoms with Gasteiger partial charge in [-0.25, -0.2) is 14.2 Å². The number of halogens is 1. The molecule has 4 rings (SSSR count). The molecule has 2 N–H and O–H groups in total. The van der Waals surface area contributed by atoms with Gasteiger partial charge in [0.25, 0.3) is 0 Å². The van der Waals surface area contributed by atoms with Gasteiger partial charge in [0.1, 0.15) is 11.6 Å². The van der Waals surface area contributed by atoms with Crippen LogP contribution in [0.15, 0.2) is 53.5 Å². The molecule has 4 aromatic rings. The molecule has 140 valence electrons. The van der Waals surface area contributed by atoms with E-state index in [4.69, 9.17) is 4.74 Å². The largest absolute Gasteiger partial charge is 0.465 e. The Labute approximate surface area is 159 Å². The van der Waals surface area contributed by atoms with Gasteiger partial charge in [0, 0.05) is 34.1 Å². The molecule has 0 unspecified atom stereocenters. The van der Waals surface area contributed by atoms with Gasteiger partial charge in [-0.1, -0.05) is 6.07 Å². The van der Waals surface area contributed by atoms with E-state index in [1.807, 2.05) is 6.92 Å². The highest BCUT2D eigenvalue weighted by molar-refractivity contribution is 6.10. The van der Waals surface area contributed by atoms with Crippen molar-refractivity contribution in [3.8, 4) is 0 Å². The smallest absolute Gasteiger partial charge is 0.337 e. The fraction of sp³-hybridized carbons (Fsp3) is 0.0952. The lowest BCUT2D eigenvalue weighted by atomic mass is 10.1. The Morgan fingerprint density at radius 1 is 1.11 bits per heavy atom. The zero-order chi connectivity index (χ0) is 19.8. The molecular weight excluding hydrogens is 361 g/mol. The van der Waals surface area contributed by atoms with E-state index in [0.717, 1.165) is 5.56 Å². The Kier molecular flexibility index (Phi) is 4.27. The average molecular weight is 377 g/mol. The second-order valence-corrected chi connectivity index (χ2v) is 6.39. The quantitative estimate of drug-likeness (QED) is 0.416. The van der Waals surface area contributed by atoms with Gasteiger partial charge >= 0.3 is 5.97 Å². The van der Waals surface area contributed by atoms with Gasteiger partial charge in [0.15, 0.2) is 0 Å². The van der Waals surface area contributed by atoms with Gasteiger partial charge in [-0.2, -0.15) is 0 Å². The Hall–Kier alpha value is -3.74. The number of carbonyl (C=O) groups excluding carboxylic acids is 1. The topological polar surface area (TPSA) is 84.1 Å². The molecule has 0 bridgehead atoms. The number of carbonyl (C=O) groups is 1. The number of nitrogens with one attached hydrogen (secondary N) is 2. The van der Waals surface area contributed by atoms with Crippen LogP contribution in [0.1, 0.15) is 15.9 Å². The van der Waals surface area contributed by atoms with E-state index in [2.05, 4.69) is 15.3 Å². The van der Waals surface area contributed by atoms with Crippen LogP contribution in [0.3, 0.4) is 0 Å². The second-order valence-electron chi connectivity index (χ2n) is 6.39. The number of hydrogen-bond donors (Lipinski definition) is 2. The van der Waals surface area contributed by atoms with Gasteiger partial charge in [0.2, 0.25) is 5.56 Å². The lowest BCUT2D eigenvalue weighted by Crippen LogP contribution is -2.06. The summed E-state index contributed by atoms with van der Waals surface area (Å²) in [4.78, 5) is 30.9. The van der Waals surface area contributed by atoms with E-state index in [0.29, 0.717) is 38.7 Å². The van der Waals surface area contributed by atoms with Crippen molar-refractivity contribution in [2.24, 2.45) is 0 Å². The summed E-state index contributed by atoms with van der Waals surface area (Å²) in [5, 5.41) is 5.00. The maximum atomic E-state index is 13.7. The van der Waals surface area contributed by atoms with Gasteiger partial charge in [-0.05, 0) is 42.8 Å². The van der Waals surface area contributed by atoms with E-state index in [1.54, 1.807) is 30.5 Å². The van der Waals surface area contributed by atoms with E-state index in [9.17, 15) is 14.0 Å². The number of rotatable bonds is 3. The number of benzene rings is 2. The molecule has 0 saturated heterocycles. The predicted molar refractivity (Wildman–Crippen MR) is 106 cm³/mol. The van der Waals surface area contributed by atoms with Crippen LogP contribution in [0.4, 0.5) is 15.9 Å². The Bertz CT molecular complexity index is 1300. The van der Waals surface area contributed by atoms with E-state index < -0.39 is 5.97 Å². The van der Waals surface area contributed by atoms with Crippen LogP contribution < -0.4 is 10.9 Å². The summed E-state index contributed by atoms with van der Waals surface area (Å²) in [6.45, 7) is 1.88. The highest BCUT2D eigenvalue weighted by Crippen LogP contribution is 2.31. The molecule has 0 aliphatic rings. The van der Waals surface area contributed by atoms with Gasteiger partial charge in [-0.15, -0.1) is 0 Å². The normalized spacial score (nSPS) is 11.0. The third-order valence-corrected chi connectivity index (χ3v) is 4.57. The zero-order valence-electron chi connectivity index (χ0n) is 15.2. The lowest BCUT2D eigenvalue weighted by Gasteiger charge is -2.14. The summed E-state index contributed by atoms with van der Waals surface area (Å²) in [6, 6.07) is 10.8. The molecule has 6 nitrogen and oxygen atoms in total.